The Morgan fingerprint density at radius 3 is 2.62 bits per heavy atom. The van der Waals surface area contributed by atoms with Crippen LogP contribution in [0.15, 0.2) is 24.3 Å². The fourth-order valence-electron chi connectivity index (χ4n) is 2.11. The van der Waals surface area contributed by atoms with E-state index in [1.54, 1.807) is 0 Å². The Hall–Kier alpha value is -1.57. The number of hydrogen-bond acceptors (Lipinski definition) is 5. The highest BCUT2D eigenvalue weighted by molar-refractivity contribution is 8.00. The monoisotopic (exact) mass is 384 g/mol. The summed E-state index contributed by atoms with van der Waals surface area (Å²) in [5, 5.41) is 13.0. The summed E-state index contributed by atoms with van der Waals surface area (Å²) in [5.74, 6) is -1.07. The van der Waals surface area contributed by atoms with Crippen molar-refractivity contribution in [2.75, 3.05) is 11.5 Å². The zero-order chi connectivity index (χ0) is 17.7. The molecular formula is C16H17ClN2O3S2. The molecule has 2 rings (SSSR count). The lowest BCUT2D eigenvalue weighted by Crippen LogP contribution is -2.28. The molecule has 0 aliphatic rings. The minimum atomic E-state index is -0.924. The van der Waals surface area contributed by atoms with E-state index in [2.05, 4.69) is 10.3 Å². The summed E-state index contributed by atoms with van der Waals surface area (Å²) >= 11 is 8.51. The third-order valence-corrected chi connectivity index (χ3v) is 5.71. The van der Waals surface area contributed by atoms with Gasteiger partial charge in [-0.1, -0.05) is 23.7 Å². The molecule has 0 spiro atoms. The maximum atomic E-state index is 11.9. The molecule has 2 N–H and O–H groups in total. The van der Waals surface area contributed by atoms with Gasteiger partial charge < -0.3 is 10.4 Å². The zero-order valence-electron chi connectivity index (χ0n) is 13.2. The van der Waals surface area contributed by atoms with Crippen molar-refractivity contribution in [3.63, 3.8) is 0 Å². The molecule has 0 radical (unpaired) electrons. The standard InChI is InChI=1S/C16H17ClN2O3S2/c1-9(18-13(20)7-23-8-14(21)22)15-10(2)19-16(24-15)11-3-5-12(17)6-4-11/h3-6,9H,7-8H2,1-2H3,(H,18,20)(H,21,22). The maximum absolute atomic E-state index is 11.9. The van der Waals surface area contributed by atoms with E-state index in [0.29, 0.717) is 5.02 Å². The van der Waals surface area contributed by atoms with Gasteiger partial charge in [-0.3, -0.25) is 9.59 Å². The first-order valence-corrected chi connectivity index (χ1v) is 9.54. The second-order valence-corrected chi connectivity index (χ2v) is 7.60. The van der Waals surface area contributed by atoms with Gasteiger partial charge >= 0.3 is 5.97 Å². The number of aliphatic carboxylic acids is 1. The number of carboxylic acids is 1. The average Bonchev–Trinajstić information content (AvgIpc) is 2.89. The van der Waals surface area contributed by atoms with E-state index >= 15 is 0 Å². The van der Waals surface area contributed by atoms with E-state index in [4.69, 9.17) is 16.7 Å². The van der Waals surface area contributed by atoms with Crippen molar-refractivity contribution < 1.29 is 14.7 Å². The van der Waals surface area contributed by atoms with Gasteiger partial charge in [-0.05, 0) is 26.0 Å². The summed E-state index contributed by atoms with van der Waals surface area (Å²) in [7, 11) is 0. The highest BCUT2D eigenvalue weighted by Gasteiger charge is 2.17. The third kappa shape index (κ3) is 5.22. The first-order chi connectivity index (χ1) is 11.4. The smallest absolute Gasteiger partial charge is 0.313 e. The number of carbonyl (C=O) groups is 2. The van der Waals surface area contributed by atoms with E-state index in [1.165, 1.54) is 11.3 Å². The van der Waals surface area contributed by atoms with Gasteiger partial charge in [0.2, 0.25) is 5.91 Å². The molecule has 0 aliphatic heterocycles. The number of hydrogen-bond donors (Lipinski definition) is 2. The Balaban J connectivity index is 2.02. The molecule has 1 aromatic carbocycles. The minimum Gasteiger partial charge on any atom is -0.481 e. The Labute approximate surface area is 153 Å². The molecule has 2 aromatic rings. The fraction of sp³-hybridized carbons (Fsp3) is 0.312. The lowest BCUT2D eigenvalue weighted by Gasteiger charge is -2.12. The third-order valence-electron chi connectivity index (χ3n) is 3.15. The van der Waals surface area contributed by atoms with Crippen LogP contribution in [0.1, 0.15) is 23.5 Å². The Morgan fingerprint density at radius 1 is 1.33 bits per heavy atom. The number of halogens is 1. The minimum absolute atomic E-state index is 0.0812. The molecule has 1 aromatic heterocycles. The van der Waals surface area contributed by atoms with Crippen molar-refractivity contribution in [1.29, 1.82) is 0 Å². The molecule has 1 amide bonds. The summed E-state index contributed by atoms with van der Waals surface area (Å²) in [6, 6.07) is 7.28. The predicted molar refractivity (Wildman–Crippen MR) is 98.8 cm³/mol. The quantitative estimate of drug-likeness (QED) is 0.759. The number of thiazole rings is 1. The van der Waals surface area contributed by atoms with Crippen LogP contribution in [0.5, 0.6) is 0 Å². The summed E-state index contributed by atoms with van der Waals surface area (Å²) in [4.78, 5) is 27.9. The number of aromatic nitrogens is 1. The van der Waals surface area contributed by atoms with E-state index in [-0.39, 0.29) is 23.5 Å². The molecule has 24 heavy (non-hydrogen) atoms. The maximum Gasteiger partial charge on any atom is 0.313 e. The summed E-state index contributed by atoms with van der Waals surface area (Å²) in [6.45, 7) is 3.80. The van der Waals surface area contributed by atoms with E-state index in [0.717, 1.165) is 32.9 Å². The molecule has 5 nitrogen and oxygen atoms in total. The van der Waals surface area contributed by atoms with Crippen molar-refractivity contribution in [2.45, 2.75) is 19.9 Å². The van der Waals surface area contributed by atoms with Crippen molar-refractivity contribution in [2.24, 2.45) is 0 Å². The van der Waals surface area contributed by atoms with Crippen LogP contribution >= 0.6 is 34.7 Å². The lowest BCUT2D eigenvalue weighted by molar-refractivity contribution is -0.133. The van der Waals surface area contributed by atoms with Crippen LogP contribution in [0.25, 0.3) is 10.6 Å². The highest BCUT2D eigenvalue weighted by Crippen LogP contribution is 2.32. The largest absolute Gasteiger partial charge is 0.481 e. The molecule has 0 fully saturated rings. The topological polar surface area (TPSA) is 79.3 Å². The van der Waals surface area contributed by atoms with Crippen LogP contribution in [0.2, 0.25) is 5.02 Å². The molecule has 1 atom stereocenters. The molecule has 128 valence electrons. The van der Waals surface area contributed by atoms with Crippen LogP contribution in [0, 0.1) is 6.92 Å². The van der Waals surface area contributed by atoms with Crippen LogP contribution in [0.3, 0.4) is 0 Å². The van der Waals surface area contributed by atoms with Crippen molar-refractivity contribution >= 4 is 46.6 Å². The molecular weight excluding hydrogens is 368 g/mol. The van der Waals surface area contributed by atoms with E-state index in [9.17, 15) is 9.59 Å². The normalized spacial score (nSPS) is 12.0. The van der Waals surface area contributed by atoms with Crippen LogP contribution < -0.4 is 5.32 Å². The molecule has 8 heteroatoms. The first kappa shape index (κ1) is 18.8. The number of carboxylic acid groups (broad SMARTS) is 1. The van der Waals surface area contributed by atoms with Gasteiger partial charge in [0.05, 0.1) is 28.1 Å². The van der Waals surface area contributed by atoms with Gasteiger partial charge in [0.15, 0.2) is 0 Å². The summed E-state index contributed by atoms with van der Waals surface area (Å²) in [6.07, 6.45) is 0. The number of benzene rings is 1. The number of amides is 1. The van der Waals surface area contributed by atoms with Crippen molar-refractivity contribution in [3.05, 3.63) is 39.9 Å². The number of carbonyl (C=O) groups excluding carboxylic acids is 1. The molecule has 0 saturated carbocycles. The fourth-order valence-corrected chi connectivity index (χ4v) is 3.85. The van der Waals surface area contributed by atoms with Gasteiger partial charge in [0, 0.05) is 10.6 Å². The van der Waals surface area contributed by atoms with Crippen LogP contribution in [-0.2, 0) is 9.59 Å². The van der Waals surface area contributed by atoms with Gasteiger partial charge in [-0.15, -0.1) is 23.1 Å². The van der Waals surface area contributed by atoms with E-state index < -0.39 is 5.97 Å². The van der Waals surface area contributed by atoms with Crippen molar-refractivity contribution in [1.82, 2.24) is 10.3 Å². The van der Waals surface area contributed by atoms with Gasteiger partial charge in [0.1, 0.15) is 5.01 Å². The molecule has 0 aliphatic carbocycles. The number of rotatable bonds is 7. The number of thioether (sulfide) groups is 1. The van der Waals surface area contributed by atoms with Crippen LogP contribution in [-0.4, -0.2) is 33.5 Å². The summed E-state index contributed by atoms with van der Waals surface area (Å²) in [5.41, 5.74) is 1.85. The Morgan fingerprint density at radius 2 is 2.00 bits per heavy atom. The predicted octanol–water partition coefficient (Wildman–Crippen LogP) is 3.77. The molecule has 0 bridgehead atoms. The number of nitrogens with zero attached hydrogens (tertiary/aromatic N) is 1. The highest BCUT2D eigenvalue weighted by atomic mass is 35.5. The first-order valence-electron chi connectivity index (χ1n) is 7.19. The van der Waals surface area contributed by atoms with Gasteiger partial charge in [-0.25, -0.2) is 4.98 Å². The van der Waals surface area contributed by atoms with Gasteiger partial charge in [-0.2, -0.15) is 0 Å². The summed E-state index contributed by atoms with van der Waals surface area (Å²) < 4.78 is 0. The number of aryl methyl sites for hydroxylation is 1. The average molecular weight is 385 g/mol. The van der Waals surface area contributed by atoms with Gasteiger partial charge in [0.25, 0.3) is 0 Å². The SMILES string of the molecule is Cc1nc(-c2ccc(Cl)cc2)sc1C(C)NC(=O)CSCC(=O)O. The Bertz CT molecular complexity index is 731. The van der Waals surface area contributed by atoms with Crippen LogP contribution in [0.4, 0.5) is 0 Å². The second-order valence-electron chi connectivity index (χ2n) is 5.15. The van der Waals surface area contributed by atoms with E-state index in [1.807, 2.05) is 38.1 Å². The zero-order valence-corrected chi connectivity index (χ0v) is 15.6. The second kappa shape index (κ2) is 8.50. The Kier molecular flexibility index (Phi) is 6.65. The lowest BCUT2D eigenvalue weighted by atomic mass is 10.2. The molecule has 0 saturated heterocycles. The molecule has 1 heterocycles. The molecule has 1 unspecified atom stereocenters. The van der Waals surface area contributed by atoms with Crippen molar-refractivity contribution in [3.8, 4) is 10.6 Å². The number of nitrogens with one attached hydrogen (secondary N) is 1.